The number of aromatic nitrogens is 4. The third-order valence-electron chi connectivity index (χ3n) is 3.11. The maximum absolute atomic E-state index is 8.91. The second-order valence-corrected chi connectivity index (χ2v) is 4.51. The van der Waals surface area contributed by atoms with Gasteiger partial charge in [-0.05, 0) is 23.3 Å². The van der Waals surface area contributed by atoms with Crippen LogP contribution in [0.3, 0.4) is 0 Å². The van der Waals surface area contributed by atoms with Gasteiger partial charge in [0.05, 0.1) is 12.6 Å². The zero-order chi connectivity index (χ0) is 10.3. The summed E-state index contributed by atoms with van der Waals surface area (Å²) in [5, 5.41) is 20.7. The quantitative estimate of drug-likeness (QED) is 0.719. The minimum atomic E-state index is 0.296. The standard InChI is InChI=1S/C9H15N5O/c15-6-7-3-13(4-7)5-9-10-11-12-14(9)8-1-2-8/h7-8,15H,1-6H2. The molecule has 0 spiro atoms. The molecule has 1 aromatic heterocycles. The lowest BCUT2D eigenvalue weighted by Gasteiger charge is -2.37. The SMILES string of the molecule is OCC1CN(Cc2nnnn2C2CC2)C1. The van der Waals surface area contributed by atoms with Gasteiger partial charge in [-0.15, -0.1) is 5.10 Å². The van der Waals surface area contributed by atoms with Gasteiger partial charge in [0.25, 0.3) is 0 Å². The molecule has 0 unspecified atom stereocenters. The largest absolute Gasteiger partial charge is 0.396 e. The van der Waals surface area contributed by atoms with E-state index in [1.807, 2.05) is 4.68 Å². The second kappa shape index (κ2) is 3.53. The van der Waals surface area contributed by atoms with E-state index < -0.39 is 0 Å². The first kappa shape index (κ1) is 9.23. The average molecular weight is 209 g/mol. The fraction of sp³-hybridized carbons (Fsp3) is 0.889. The summed E-state index contributed by atoms with van der Waals surface area (Å²) < 4.78 is 1.95. The van der Waals surface area contributed by atoms with Gasteiger partial charge in [0.15, 0.2) is 5.82 Å². The van der Waals surface area contributed by atoms with Gasteiger partial charge in [-0.2, -0.15) is 0 Å². The Morgan fingerprint density at radius 3 is 2.80 bits per heavy atom. The van der Waals surface area contributed by atoms with Crippen molar-refractivity contribution in [2.24, 2.45) is 5.92 Å². The van der Waals surface area contributed by atoms with Gasteiger partial charge in [0.1, 0.15) is 0 Å². The lowest BCUT2D eigenvalue weighted by atomic mass is 10.0. The van der Waals surface area contributed by atoms with Crippen molar-refractivity contribution in [1.82, 2.24) is 25.1 Å². The molecule has 1 aromatic rings. The van der Waals surface area contributed by atoms with E-state index in [0.717, 1.165) is 25.5 Å². The number of hydrogen-bond acceptors (Lipinski definition) is 5. The molecule has 2 fully saturated rings. The second-order valence-electron chi connectivity index (χ2n) is 4.51. The van der Waals surface area contributed by atoms with Gasteiger partial charge in [-0.3, -0.25) is 4.90 Å². The zero-order valence-electron chi connectivity index (χ0n) is 8.58. The van der Waals surface area contributed by atoms with Gasteiger partial charge in [-0.25, -0.2) is 4.68 Å². The monoisotopic (exact) mass is 209 g/mol. The molecule has 6 nitrogen and oxygen atoms in total. The molecule has 15 heavy (non-hydrogen) atoms. The lowest BCUT2D eigenvalue weighted by molar-refractivity contribution is 0.0448. The highest BCUT2D eigenvalue weighted by molar-refractivity contribution is 4.92. The Hall–Kier alpha value is -1.01. The predicted molar refractivity (Wildman–Crippen MR) is 51.9 cm³/mol. The number of hydrogen-bond donors (Lipinski definition) is 1. The molecule has 1 N–H and O–H groups in total. The van der Waals surface area contributed by atoms with Crippen molar-refractivity contribution < 1.29 is 5.11 Å². The van der Waals surface area contributed by atoms with Crippen molar-refractivity contribution in [2.45, 2.75) is 25.4 Å². The minimum Gasteiger partial charge on any atom is -0.396 e. The fourth-order valence-electron chi connectivity index (χ4n) is 2.04. The van der Waals surface area contributed by atoms with Crippen LogP contribution in [0.2, 0.25) is 0 Å². The molecule has 2 heterocycles. The van der Waals surface area contributed by atoms with E-state index in [1.165, 1.54) is 12.8 Å². The first-order valence-electron chi connectivity index (χ1n) is 5.47. The molecule has 1 saturated heterocycles. The molecular formula is C9H15N5O. The third kappa shape index (κ3) is 1.74. The number of rotatable bonds is 4. The summed E-state index contributed by atoms with van der Waals surface area (Å²) in [7, 11) is 0. The van der Waals surface area contributed by atoms with Crippen LogP contribution in [0.15, 0.2) is 0 Å². The topological polar surface area (TPSA) is 67.1 Å². The Balaban J connectivity index is 1.60. The summed E-state index contributed by atoms with van der Waals surface area (Å²) in [5.41, 5.74) is 0. The number of aliphatic hydroxyl groups is 1. The van der Waals surface area contributed by atoms with E-state index in [4.69, 9.17) is 5.11 Å². The summed E-state index contributed by atoms with van der Waals surface area (Å²) >= 11 is 0. The van der Waals surface area contributed by atoms with Gasteiger partial charge < -0.3 is 5.11 Å². The Morgan fingerprint density at radius 1 is 1.33 bits per heavy atom. The van der Waals surface area contributed by atoms with Gasteiger partial charge in [0.2, 0.25) is 0 Å². The van der Waals surface area contributed by atoms with Crippen molar-refractivity contribution in [2.75, 3.05) is 19.7 Å². The number of likely N-dealkylation sites (tertiary alicyclic amines) is 1. The van der Waals surface area contributed by atoms with E-state index in [2.05, 4.69) is 20.4 Å². The van der Waals surface area contributed by atoms with E-state index in [-0.39, 0.29) is 0 Å². The Morgan fingerprint density at radius 2 is 2.13 bits per heavy atom. The first-order chi connectivity index (χ1) is 7.36. The molecule has 0 radical (unpaired) electrons. The molecule has 0 amide bonds. The van der Waals surface area contributed by atoms with Gasteiger partial charge in [0, 0.05) is 25.6 Å². The first-order valence-corrected chi connectivity index (χ1v) is 5.47. The van der Waals surface area contributed by atoms with Crippen LogP contribution in [0, 0.1) is 5.92 Å². The lowest BCUT2D eigenvalue weighted by Crippen LogP contribution is -2.47. The number of tetrazole rings is 1. The van der Waals surface area contributed by atoms with E-state index in [9.17, 15) is 0 Å². The highest BCUT2D eigenvalue weighted by atomic mass is 16.3. The summed E-state index contributed by atoms with van der Waals surface area (Å²) in [5.74, 6) is 1.42. The highest BCUT2D eigenvalue weighted by Gasteiger charge is 2.31. The van der Waals surface area contributed by atoms with Crippen LogP contribution in [0.4, 0.5) is 0 Å². The predicted octanol–water partition coefficient (Wildman–Crippen LogP) is -0.568. The molecular weight excluding hydrogens is 194 g/mol. The summed E-state index contributed by atoms with van der Waals surface area (Å²) in [6.07, 6.45) is 2.41. The average Bonchev–Trinajstić information content (AvgIpc) is 2.92. The van der Waals surface area contributed by atoms with Crippen LogP contribution in [-0.4, -0.2) is 49.9 Å². The maximum atomic E-state index is 8.91. The summed E-state index contributed by atoms with van der Waals surface area (Å²) in [6, 6.07) is 0.546. The van der Waals surface area contributed by atoms with Crippen LogP contribution < -0.4 is 0 Å². The van der Waals surface area contributed by atoms with Gasteiger partial charge in [-0.1, -0.05) is 0 Å². The molecule has 2 aliphatic rings. The Bertz CT molecular complexity index is 342. The molecule has 1 aliphatic carbocycles. The molecule has 6 heteroatoms. The number of nitrogens with zero attached hydrogens (tertiary/aromatic N) is 5. The smallest absolute Gasteiger partial charge is 0.165 e. The molecule has 3 rings (SSSR count). The normalized spacial score (nSPS) is 23.0. The number of aliphatic hydroxyl groups excluding tert-OH is 1. The molecule has 0 atom stereocenters. The Kier molecular flexibility index (Phi) is 2.17. The van der Waals surface area contributed by atoms with Crippen molar-refractivity contribution in [3.63, 3.8) is 0 Å². The molecule has 0 aromatic carbocycles. The van der Waals surface area contributed by atoms with Gasteiger partial charge >= 0.3 is 0 Å². The maximum Gasteiger partial charge on any atom is 0.165 e. The summed E-state index contributed by atoms with van der Waals surface area (Å²) in [4.78, 5) is 2.27. The zero-order valence-corrected chi connectivity index (χ0v) is 8.58. The Labute approximate surface area is 87.9 Å². The van der Waals surface area contributed by atoms with Crippen LogP contribution in [0.1, 0.15) is 24.7 Å². The van der Waals surface area contributed by atoms with E-state index in [0.29, 0.717) is 18.6 Å². The van der Waals surface area contributed by atoms with Crippen LogP contribution in [-0.2, 0) is 6.54 Å². The minimum absolute atomic E-state index is 0.296. The highest BCUT2D eigenvalue weighted by Crippen LogP contribution is 2.34. The fourth-order valence-corrected chi connectivity index (χ4v) is 2.04. The third-order valence-corrected chi connectivity index (χ3v) is 3.11. The molecule has 0 bridgehead atoms. The van der Waals surface area contributed by atoms with Crippen molar-refractivity contribution in [3.8, 4) is 0 Å². The summed E-state index contributed by atoms with van der Waals surface area (Å²) in [6.45, 7) is 3.05. The van der Waals surface area contributed by atoms with Crippen LogP contribution in [0.25, 0.3) is 0 Å². The van der Waals surface area contributed by atoms with Crippen LogP contribution in [0.5, 0.6) is 0 Å². The van der Waals surface area contributed by atoms with Crippen molar-refractivity contribution in [3.05, 3.63) is 5.82 Å². The van der Waals surface area contributed by atoms with E-state index >= 15 is 0 Å². The van der Waals surface area contributed by atoms with Crippen molar-refractivity contribution in [1.29, 1.82) is 0 Å². The van der Waals surface area contributed by atoms with Crippen LogP contribution >= 0.6 is 0 Å². The van der Waals surface area contributed by atoms with Crippen molar-refractivity contribution >= 4 is 0 Å². The van der Waals surface area contributed by atoms with E-state index in [1.54, 1.807) is 0 Å². The molecule has 1 aliphatic heterocycles. The molecule has 1 saturated carbocycles. The molecule has 82 valence electrons.